The molecule has 19 heavy (non-hydrogen) atoms. The molecule has 0 fully saturated rings. The summed E-state index contributed by atoms with van der Waals surface area (Å²) in [5.41, 5.74) is 8.90. The molecule has 0 aliphatic carbocycles. The fourth-order valence-electron chi connectivity index (χ4n) is 1.95. The Bertz CT molecular complexity index is 698. The summed E-state index contributed by atoms with van der Waals surface area (Å²) in [6.45, 7) is 0. The molecule has 3 aromatic rings. The minimum absolute atomic E-state index is 0.773. The molecule has 0 amide bonds. The molecule has 0 radical (unpaired) electrons. The van der Waals surface area contributed by atoms with Gasteiger partial charge in [-0.1, -0.05) is 12.1 Å². The molecule has 2 N–H and O–H groups in total. The number of nitrogens with zero attached hydrogens (tertiary/aromatic N) is 2. The van der Waals surface area contributed by atoms with E-state index in [0.29, 0.717) is 0 Å². The Kier molecular flexibility index (Phi) is 3.33. The van der Waals surface area contributed by atoms with Crippen LogP contribution < -0.4 is 5.73 Å². The van der Waals surface area contributed by atoms with Gasteiger partial charge in [-0.15, -0.1) is 11.8 Å². The lowest BCUT2D eigenvalue weighted by Crippen LogP contribution is -1.93. The molecule has 2 aromatic heterocycles. The fraction of sp³-hybridized carbons (Fsp3) is 0.0667. The number of hydrogen-bond donors (Lipinski definition) is 1. The van der Waals surface area contributed by atoms with Gasteiger partial charge in [0.2, 0.25) is 0 Å². The number of anilines is 1. The quantitative estimate of drug-likeness (QED) is 0.583. The first kappa shape index (κ1) is 12.0. The van der Waals surface area contributed by atoms with Gasteiger partial charge in [0.1, 0.15) is 0 Å². The van der Waals surface area contributed by atoms with Crippen LogP contribution in [-0.4, -0.2) is 9.97 Å². The molecule has 0 unspecified atom stereocenters. The van der Waals surface area contributed by atoms with E-state index in [2.05, 4.69) is 9.97 Å². The Morgan fingerprint density at radius 2 is 1.84 bits per heavy atom. The highest BCUT2D eigenvalue weighted by Gasteiger charge is 2.05. The van der Waals surface area contributed by atoms with Crippen molar-refractivity contribution < 1.29 is 0 Å². The molecular formula is C15H13N3S. The van der Waals surface area contributed by atoms with Crippen molar-refractivity contribution in [1.29, 1.82) is 0 Å². The molecule has 0 spiro atoms. The topological polar surface area (TPSA) is 51.8 Å². The smallest absolute Gasteiger partial charge is 0.0963 e. The third kappa shape index (κ3) is 2.53. The van der Waals surface area contributed by atoms with E-state index in [1.54, 1.807) is 18.0 Å². The van der Waals surface area contributed by atoms with Crippen LogP contribution >= 0.6 is 11.8 Å². The second-order valence-corrected chi connectivity index (χ2v) is 5.17. The van der Waals surface area contributed by atoms with Crippen molar-refractivity contribution in [2.75, 3.05) is 5.73 Å². The van der Waals surface area contributed by atoms with Crippen LogP contribution in [0.4, 0.5) is 5.69 Å². The minimum Gasteiger partial charge on any atom is -0.398 e. The van der Waals surface area contributed by atoms with Crippen molar-refractivity contribution in [1.82, 2.24) is 9.97 Å². The summed E-state index contributed by atoms with van der Waals surface area (Å²) >= 11 is 1.70. The summed E-state index contributed by atoms with van der Waals surface area (Å²) in [6.07, 6.45) is 3.61. The summed E-state index contributed by atoms with van der Waals surface area (Å²) in [6, 6.07) is 13.8. The van der Waals surface area contributed by atoms with Crippen LogP contribution in [-0.2, 0) is 5.75 Å². The van der Waals surface area contributed by atoms with Crippen LogP contribution in [0.25, 0.3) is 10.9 Å². The van der Waals surface area contributed by atoms with Crippen molar-refractivity contribution in [3.05, 3.63) is 60.4 Å². The van der Waals surface area contributed by atoms with E-state index in [1.807, 2.05) is 48.7 Å². The maximum atomic E-state index is 5.97. The van der Waals surface area contributed by atoms with Crippen LogP contribution in [0.3, 0.4) is 0 Å². The van der Waals surface area contributed by atoms with E-state index < -0.39 is 0 Å². The summed E-state index contributed by atoms with van der Waals surface area (Å²) in [5.74, 6) is 0.838. The molecule has 3 nitrogen and oxygen atoms in total. The van der Waals surface area contributed by atoms with E-state index in [-0.39, 0.29) is 0 Å². The van der Waals surface area contributed by atoms with E-state index in [1.165, 1.54) is 5.56 Å². The van der Waals surface area contributed by atoms with E-state index in [9.17, 15) is 0 Å². The Morgan fingerprint density at radius 3 is 2.68 bits per heavy atom. The lowest BCUT2D eigenvalue weighted by Gasteiger charge is -2.07. The predicted octanol–water partition coefficient (Wildman–Crippen LogP) is 3.50. The highest BCUT2D eigenvalue weighted by molar-refractivity contribution is 7.98. The van der Waals surface area contributed by atoms with E-state index in [0.717, 1.165) is 27.4 Å². The zero-order valence-corrected chi connectivity index (χ0v) is 11.1. The SMILES string of the molecule is Nc1ccc(CSc2ccccn2)c2ncccc12. The number of thioether (sulfide) groups is 1. The number of aromatic nitrogens is 2. The summed E-state index contributed by atoms with van der Waals surface area (Å²) in [5, 5.41) is 2.03. The van der Waals surface area contributed by atoms with Crippen LogP contribution in [0.2, 0.25) is 0 Å². The van der Waals surface area contributed by atoms with Crippen LogP contribution in [0.5, 0.6) is 0 Å². The van der Waals surface area contributed by atoms with Crippen LogP contribution in [0.1, 0.15) is 5.56 Å². The van der Waals surface area contributed by atoms with E-state index >= 15 is 0 Å². The monoisotopic (exact) mass is 267 g/mol. The highest BCUT2D eigenvalue weighted by atomic mass is 32.2. The standard InChI is InChI=1S/C15H13N3S/c16-13-7-6-11(15-12(13)4-3-9-18-15)10-19-14-5-1-2-8-17-14/h1-9H,10,16H2. The van der Waals surface area contributed by atoms with Crippen LogP contribution in [0.15, 0.2) is 59.9 Å². The summed E-state index contributed by atoms with van der Waals surface area (Å²) in [4.78, 5) is 8.75. The molecule has 0 aliphatic heterocycles. The number of nitrogens with two attached hydrogens (primary N) is 1. The van der Waals surface area contributed by atoms with Gasteiger partial charge in [-0.05, 0) is 35.9 Å². The van der Waals surface area contributed by atoms with Crippen molar-refractivity contribution in [2.45, 2.75) is 10.8 Å². The Labute approximate surface area is 115 Å². The van der Waals surface area contributed by atoms with Gasteiger partial charge in [0, 0.05) is 29.2 Å². The number of rotatable bonds is 3. The lowest BCUT2D eigenvalue weighted by molar-refractivity contribution is 1.13. The maximum absolute atomic E-state index is 5.97. The second kappa shape index (κ2) is 5.28. The molecule has 94 valence electrons. The van der Waals surface area contributed by atoms with Gasteiger partial charge >= 0.3 is 0 Å². The van der Waals surface area contributed by atoms with Crippen molar-refractivity contribution in [2.24, 2.45) is 0 Å². The largest absolute Gasteiger partial charge is 0.398 e. The number of benzene rings is 1. The molecule has 4 heteroatoms. The second-order valence-electron chi connectivity index (χ2n) is 4.17. The molecule has 0 aliphatic rings. The minimum atomic E-state index is 0.773. The van der Waals surface area contributed by atoms with Gasteiger partial charge < -0.3 is 5.73 Å². The van der Waals surface area contributed by atoms with E-state index in [4.69, 9.17) is 5.73 Å². The van der Waals surface area contributed by atoms with Gasteiger partial charge in [0.15, 0.2) is 0 Å². The lowest BCUT2D eigenvalue weighted by atomic mass is 10.1. The van der Waals surface area contributed by atoms with Gasteiger partial charge in [-0.25, -0.2) is 4.98 Å². The van der Waals surface area contributed by atoms with Crippen molar-refractivity contribution in [3.63, 3.8) is 0 Å². The molecule has 0 atom stereocenters. The van der Waals surface area contributed by atoms with Crippen molar-refractivity contribution in [3.8, 4) is 0 Å². The average molecular weight is 267 g/mol. The first-order valence-electron chi connectivity index (χ1n) is 6.00. The first-order valence-corrected chi connectivity index (χ1v) is 6.99. The first-order chi connectivity index (χ1) is 9.34. The average Bonchev–Trinajstić information content (AvgIpc) is 2.48. The van der Waals surface area contributed by atoms with Crippen molar-refractivity contribution >= 4 is 28.4 Å². The zero-order valence-electron chi connectivity index (χ0n) is 10.3. The molecule has 0 bridgehead atoms. The summed E-state index contributed by atoms with van der Waals surface area (Å²) < 4.78 is 0. The third-order valence-electron chi connectivity index (χ3n) is 2.90. The van der Waals surface area contributed by atoms with Gasteiger partial charge in [-0.2, -0.15) is 0 Å². The molecule has 1 aromatic carbocycles. The van der Waals surface area contributed by atoms with Crippen LogP contribution in [0, 0.1) is 0 Å². The summed E-state index contributed by atoms with van der Waals surface area (Å²) in [7, 11) is 0. The molecule has 2 heterocycles. The normalized spacial score (nSPS) is 10.7. The molecule has 0 saturated carbocycles. The van der Waals surface area contributed by atoms with Gasteiger partial charge in [0.25, 0.3) is 0 Å². The Hall–Kier alpha value is -2.07. The van der Waals surface area contributed by atoms with Gasteiger partial charge in [0.05, 0.1) is 10.5 Å². The molecule has 0 saturated heterocycles. The number of nitrogen functional groups attached to an aromatic ring is 1. The fourth-order valence-corrected chi connectivity index (χ4v) is 2.80. The maximum Gasteiger partial charge on any atom is 0.0963 e. The van der Waals surface area contributed by atoms with Gasteiger partial charge in [-0.3, -0.25) is 4.98 Å². The number of pyridine rings is 2. The Balaban J connectivity index is 1.91. The zero-order chi connectivity index (χ0) is 13.1. The third-order valence-corrected chi connectivity index (χ3v) is 3.89. The molecular weight excluding hydrogens is 254 g/mol. The predicted molar refractivity (Wildman–Crippen MR) is 80.0 cm³/mol. The Morgan fingerprint density at radius 1 is 0.947 bits per heavy atom. The number of fused-ring (bicyclic) bond motifs is 1. The molecule has 3 rings (SSSR count). The number of hydrogen-bond acceptors (Lipinski definition) is 4. The highest BCUT2D eigenvalue weighted by Crippen LogP contribution is 2.27.